The highest BCUT2D eigenvalue weighted by Crippen LogP contribution is 2.39. The maximum Gasteiger partial charge on any atom is 0.231 e. The first kappa shape index (κ1) is 20.1. The van der Waals surface area contributed by atoms with Crippen LogP contribution in [-0.2, 0) is 16.1 Å². The third kappa shape index (κ3) is 4.22. The van der Waals surface area contributed by atoms with Crippen molar-refractivity contribution in [2.75, 3.05) is 5.75 Å². The SMILES string of the molecule is CC(C)NC(=O)CSC1=NNC2N(Cc3ccccc3)C(=O)C3CCCCC3N12. The van der Waals surface area contributed by atoms with Gasteiger partial charge in [-0.1, -0.05) is 54.9 Å². The summed E-state index contributed by atoms with van der Waals surface area (Å²) in [4.78, 5) is 29.6. The Morgan fingerprint density at radius 1 is 1.28 bits per heavy atom. The lowest BCUT2D eigenvalue weighted by Crippen LogP contribution is -2.66. The number of hydrazone groups is 1. The molecular weight excluding hydrogens is 386 g/mol. The molecule has 2 aliphatic heterocycles. The molecule has 0 bridgehead atoms. The quantitative estimate of drug-likeness (QED) is 0.772. The van der Waals surface area contributed by atoms with Gasteiger partial charge in [0.2, 0.25) is 11.8 Å². The molecule has 7 nitrogen and oxygen atoms in total. The molecule has 1 aromatic carbocycles. The van der Waals surface area contributed by atoms with Gasteiger partial charge in [0.05, 0.1) is 11.7 Å². The fraction of sp³-hybridized carbons (Fsp3) is 0.571. The van der Waals surface area contributed by atoms with E-state index in [2.05, 4.69) is 20.7 Å². The minimum absolute atomic E-state index is 0.00102. The van der Waals surface area contributed by atoms with Crippen molar-refractivity contribution >= 4 is 28.7 Å². The predicted octanol–water partition coefficient (Wildman–Crippen LogP) is 2.31. The summed E-state index contributed by atoms with van der Waals surface area (Å²) >= 11 is 1.45. The summed E-state index contributed by atoms with van der Waals surface area (Å²) in [5, 5.41) is 8.27. The van der Waals surface area contributed by atoms with E-state index in [1.54, 1.807) is 0 Å². The molecule has 1 saturated carbocycles. The average molecular weight is 416 g/mol. The Bertz CT molecular complexity index is 785. The summed E-state index contributed by atoms with van der Waals surface area (Å²) in [6.07, 6.45) is 3.85. The molecule has 4 rings (SSSR count). The van der Waals surface area contributed by atoms with Gasteiger partial charge in [0.15, 0.2) is 11.5 Å². The van der Waals surface area contributed by atoms with Crippen molar-refractivity contribution in [1.29, 1.82) is 0 Å². The second kappa shape index (κ2) is 8.65. The number of carbonyl (C=O) groups is 2. The number of benzene rings is 1. The minimum Gasteiger partial charge on any atom is -0.353 e. The molecule has 8 heteroatoms. The first-order valence-electron chi connectivity index (χ1n) is 10.4. The third-order valence-corrected chi connectivity index (χ3v) is 6.69. The Morgan fingerprint density at radius 2 is 2.03 bits per heavy atom. The van der Waals surface area contributed by atoms with Crippen LogP contribution in [0.2, 0.25) is 0 Å². The van der Waals surface area contributed by atoms with Gasteiger partial charge in [0, 0.05) is 18.6 Å². The van der Waals surface area contributed by atoms with Crippen molar-refractivity contribution in [2.45, 2.75) is 64.4 Å². The molecule has 29 heavy (non-hydrogen) atoms. The summed E-state index contributed by atoms with van der Waals surface area (Å²) in [6.45, 7) is 4.47. The molecule has 0 radical (unpaired) electrons. The largest absolute Gasteiger partial charge is 0.353 e. The highest BCUT2D eigenvalue weighted by atomic mass is 32.2. The number of amidine groups is 1. The fourth-order valence-corrected chi connectivity index (χ4v) is 5.34. The van der Waals surface area contributed by atoms with Crippen molar-refractivity contribution in [3.63, 3.8) is 0 Å². The van der Waals surface area contributed by atoms with E-state index >= 15 is 0 Å². The molecular formula is C21H29N5O2S. The summed E-state index contributed by atoms with van der Waals surface area (Å²) < 4.78 is 0. The molecule has 1 saturated heterocycles. The number of amides is 2. The first-order valence-corrected chi connectivity index (χ1v) is 11.4. The summed E-state index contributed by atoms with van der Waals surface area (Å²) in [7, 11) is 0. The molecule has 3 unspecified atom stereocenters. The number of carbonyl (C=O) groups excluding carboxylic acids is 2. The van der Waals surface area contributed by atoms with Gasteiger partial charge < -0.3 is 10.2 Å². The molecule has 2 heterocycles. The van der Waals surface area contributed by atoms with E-state index in [1.165, 1.54) is 11.8 Å². The second-order valence-electron chi connectivity index (χ2n) is 8.23. The summed E-state index contributed by atoms with van der Waals surface area (Å²) in [6, 6.07) is 10.4. The van der Waals surface area contributed by atoms with E-state index in [0.29, 0.717) is 12.3 Å². The normalized spacial score (nSPS) is 26.0. The van der Waals surface area contributed by atoms with Crippen LogP contribution in [0, 0.1) is 5.92 Å². The van der Waals surface area contributed by atoms with Crippen molar-refractivity contribution < 1.29 is 9.59 Å². The van der Waals surface area contributed by atoms with E-state index in [1.807, 2.05) is 49.1 Å². The molecule has 0 aromatic heterocycles. The van der Waals surface area contributed by atoms with Crippen molar-refractivity contribution in [2.24, 2.45) is 11.0 Å². The lowest BCUT2D eigenvalue weighted by Gasteiger charge is -2.50. The number of rotatable bonds is 5. The van der Waals surface area contributed by atoms with Crippen molar-refractivity contribution in [3.8, 4) is 0 Å². The van der Waals surface area contributed by atoms with Gasteiger partial charge in [-0.3, -0.25) is 19.9 Å². The Hall–Kier alpha value is -2.22. The van der Waals surface area contributed by atoms with Crippen molar-refractivity contribution in [3.05, 3.63) is 35.9 Å². The minimum atomic E-state index is -0.280. The molecule has 3 atom stereocenters. The zero-order chi connectivity index (χ0) is 20.4. The van der Waals surface area contributed by atoms with Crippen LogP contribution in [0.3, 0.4) is 0 Å². The molecule has 2 fully saturated rings. The highest BCUT2D eigenvalue weighted by molar-refractivity contribution is 8.14. The van der Waals surface area contributed by atoms with Crippen LogP contribution < -0.4 is 10.7 Å². The molecule has 156 valence electrons. The van der Waals surface area contributed by atoms with Gasteiger partial charge in [-0.05, 0) is 32.3 Å². The number of nitrogens with zero attached hydrogens (tertiary/aromatic N) is 3. The van der Waals surface area contributed by atoms with Crippen molar-refractivity contribution in [1.82, 2.24) is 20.5 Å². The summed E-state index contributed by atoms with van der Waals surface area (Å²) in [5.41, 5.74) is 4.28. The Morgan fingerprint density at radius 3 is 2.79 bits per heavy atom. The molecule has 2 N–H and O–H groups in total. The topological polar surface area (TPSA) is 77.0 Å². The number of hydrogen-bond donors (Lipinski definition) is 2. The van der Waals surface area contributed by atoms with Crippen LogP contribution in [0.15, 0.2) is 35.4 Å². The van der Waals surface area contributed by atoms with Gasteiger partial charge in [-0.15, -0.1) is 0 Å². The summed E-state index contributed by atoms with van der Waals surface area (Å²) in [5.74, 6) is 0.544. The molecule has 0 spiro atoms. The lowest BCUT2D eigenvalue weighted by molar-refractivity contribution is -0.156. The third-order valence-electron chi connectivity index (χ3n) is 5.72. The number of thioether (sulfide) groups is 1. The molecule has 3 aliphatic rings. The van der Waals surface area contributed by atoms with Crippen LogP contribution in [-0.4, -0.2) is 50.9 Å². The van der Waals surface area contributed by atoms with Gasteiger partial charge in [-0.25, -0.2) is 0 Å². The van der Waals surface area contributed by atoms with E-state index in [0.717, 1.165) is 36.4 Å². The first-order chi connectivity index (χ1) is 14.0. The number of nitrogens with one attached hydrogen (secondary N) is 2. The Balaban J connectivity index is 1.52. The van der Waals surface area contributed by atoms with Crippen LogP contribution in [0.4, 0.5) is 0 Å². The van der Waals surface area contributed by atoms with Crippen LogP contribution in [0.25, 0.3) is 0 Å². The van der Waals surface area contributed by atoms with Crippen LogP contribution in [0.5, 0.6) is 0 Å². The maximum atomic E-state index is 13.3. The number of fused-ring (bicyclic) bond motifs is 3. The van der Waals surface area contributed by atoms with E-state index in [9.17, 15) is 9.59 Å². The highest BCUT2D eigenvalue weighted by Gasteiger charge is 2.50. The van der Waals surface area contributed by atoms with E-state index < -0.39 is 0 Å². The average Bonchev–Trinajstić information content (AvgIpc) is 3.14. The standard InChI is InChI=1S/C21H29N5O2S/c1-14(2)22-18(27)13-29-21-24-23-20-25(12-15-8-4-3-5-9-15)19(28)16-10-6-7-11-17(16)26(20)21/h3-5,8-9,14,16-17,20,23H,6-7,10-13H2,1-2H3,(H,22,27). The Kier molecular flexibility index (Phi) is 5.99. The van der Waals surface area contributed by atoms with Gasteiger partial charge in [0.1, 0.15) is 0 Å². The van der Waals surface area contributed by atoms with Gasteiger partial charge in [-0.2, -0.15) is 5.10 Å². The van der Waals surface area contributed by atoms with Crippen LogP contribution >= 0.6 is 11.8 Å². The van der Waals surface area contributed by atoms with Gasteiger partial charge >= 0.3 is 0 Å². The Labute approximate surface area is 176 Å². The maximum absolute atomic E-state index is 13.3. The fourth-order valence-electron chi connectivity index (χ4n) is 4.49. The smallest absolute Gasteiger partial charge is 0.231 e. The zero-order valence-electron chi connectivity index (χ0n) is 17.0. The van der Waals surface area contributed by atoms with Crippen LogP contribution in [0.1, 0.15) is 45.1 Å². The zero-order valence-corrected chi connectivity index (χ0v) is 17.8. The van der Waals surface area contributed by atoms with Gasteiger partial charge in [0.25, 0.3) is 0 Å². The van der Waals surface area contributed by atoms with E-state index in [-0.39, 0.29) is 36.1 Å². The monoisotopic (exact) mass is 415 g/mol. The molecule has 1 aliphatic carbocycles. The predicted molar refractivity (Wildman–Crippen MR) is 115 cm³/mol. The molecule has 1 aromatic rings. The lowest BCUT2D eigenvalue weighted by atomic mass is 9.81. The molecule has 2 amide bonds. The number of hydrogen-bond acceptors (Lipinski definition) is 6. The van der Waals surface area contributed by atoms with E-state index in [4.69, 9.17) is 0 Å². The second-order valence-corrected chi connectivity index (χ2v) is 9.17.